The first-order chi connectivity index (χ1) is 12.8. The Morgan fingerprint density at radius 3 is 2.41 bits per heavy atom. The Balaban J connectivity index is 2.03. The van der Waals surface area contributed by atoms with Gasteiger partial charge in [-0.25, -0.2) is 13.9 Å². The van der Waals surface area contributed by atoms with E-state index in [2.05, 4.69) is 5.32 Å². The number of ether oxygens (including phenoxy) is 1. The molecule has 0 unspecified atom stereocenters. The highest BCUT2D eigenvalue weighted by molar-refractivity contribution is 7.91. The van der Waals surface area contributed by atoms with Gasteiger partial charge in [0.1, 0.15) is 5.75 Å². The fourth-order valence-corrected chi connectivity index (χ4v) is 4.13. The Labute approximate surface area is 159 Å². The molecule has 0 saturated heterocycles. The number of aryl methyl sites for hydroxylation is 2. The lowest BCUT2D eigenvalue weighted by atomic mass is 10.0. The SMILES string of the molecule is COc1ccc(S(=O)(=O)CCCNc2c(C)cc(C)cc2C(=O)NO)cc1. The summed E-state index contributed by atoms with van der Waals surface area (Å²) in [5.74, 6) is -0.0472. The molecule has 1 amide bonds. The van der Waals surface area contributed by atoms with Crippen LogP contribution in [0.15, 0.2) is 41.3 Å². The van der Waals surface area contributed by atoms with Crippen LogP contribution in [-0.4, -0.2) is 38.9 Å². The summed E-state index contributed by atoms with van der Waals surface area (Å²) < 4.78 is 29.9. The van der Waals surface area contributed by atoms with Gasteiger partial charge in [0.25, 0.3) is 5.91 Å². The quantitative estimate of drug-likeness (QED) is 0.362. The van der Waals surface area contributed by atoms with E-state index in [1.54, 1.807) is 23.7 Å². The van der Waals surface area contributed by atoms with Gasteiger partial charge in [-0.2, -0.15) is 0 Å². The number of amides is 1. The number of hydrogen-bond donors (Lipinski definition) is 3. The van der Waals surface area contributed by atoms with Gasteiger partial charge in [0.2, 0.25) is 0 Å². The Hall–Kier alpha value is -2.58. The molecule has 146 valence electrons. The number of nitrogens with one attached hydrogen (secondary N) is 2. The maximum atomic E-state index is 12.4. The lowest BCUT2D eigenvalue weighted by molar-refractivity contribution is 0.0707. The van der Waals surface area contributed by atoms with Crippen LogP contribution in [0.5, 0.6) is 5.75 Å². The molecule has 27 heavy (non-hydrogen) atoms. The standard InChI is InChI=1S/C19H24N2O5S/c1-13-11-14(2)18(17(12-13)19(22)21-23)20-9-4-10-27(24,25)16-7-5-15(26-3)6-8-16/h5-8,11-12,20,23H,4,9-10H2,1-3H3,(H,21,22). The minimum absolute atomic E-state index is 0.0290. The van der Waals surface area contributed by atoms with Crippen LogP contribution in [0.25, 0.3) is 0 Å². The third kappa shape index (κ3) is 5.21. The Morgan fingerprint density at radius 2 is 1.81 bits per heavy atom. The van der Waals surface area contributed by atoms with Gasteiger partial charge in [-0.1, -0.05) is 6.07 Å². The monoisotopic (exact) mass is 392 g/mol. The molecule has 2 aromatic rings. The molecule has 2 aromatic carbocycles. The van der Waals surface area contributed by atoms with Gasteiger partial charge in [-0.05, 0) is 61.7 Å². The van der Waals surface area contributed by atoms with Crippen LogP contribution in [0.4, 0.5) is 5.69 Å². The normalized spacial score (nSPS) is 11.1. The van der Waals surface area contributed by atoms with Crippen LogP contribution >= 0.6 is 0 Å². The van der Waals surface area contributed by atoms with Crippen molar-refractivity contribution in [3.05, 3.63) is 53.1 Å². The van der Waals surface area contributed by atoms with Crippen LogP contribution in [-0.2, 0) is 9.84 Å². The van der Waals surface area contributed by atoms with E-state index in [1.807, 2.05) is 19.9 Å². The van der Waals surface area contributed by atoms with Crippen molar-refractivity contribution in [2.45, 2.75) is 25.2 Å². The van der Waals surface area contributed by atoms with E-state index in [0.29, 0.717) is 30.0 Å². The fraction of sp³-hybridized carbons (Fsp3) is 0.316. The predicted molar refractivity (Wildman–Crippen MR) is 103 cm³/mol. The van der Waals surface area contributed by atoms with Crippen molar-refractivity contribution >= 4 is 21.4 Å². The van der Waals surface area contributed by atoms with Crippen LogP contribution in [0.3, 0.4) is 0 Å². The number of carbonyl (C=O) groups is 1. The molecule has 0 heterocycles. The number of sulfone groups is 1. The highest BCUT2D eigenvalue weighted by atomic mass is 32.2. The number of rotatable bonds is 8. The van der Waals surface area contributed by atoms with Crippen molar-refractivity contribution in [1.29, 1.82) is 0 Å². The fourth-order valence-electron chi connectivity index (χ4n) is 2.82. The smallest absolute Gasteiger partial charge is 0.276 e. The molecule has 0 radical (unpaired) electrons. The van der Waals surface area contributed by atoms with Crippen molar-refractivity contribution < 1.29 is 23.2 Å². The van der Waals surface area contributed by atoms with Gasteiger partial charge in [0, 0.05) is 12.2 Å². The molecule has 0 atom stereocenters. The van der Waals surface area contributed by atoms with Gasteiger partial charge in [0.05, 0.1) is 23.3 Å². The summed E-state index contributed by atoms with van der Waals surface area (Å²) in [6.45, 7) is 4.06. The lowest BCUT2D eigenvalue weighted by Gasteiger charge is -2.15. The molecule has 0 aliphatic rings. The Kier molecular flexibility index (Phi) is 6.81. The molecular weight excluding hydrogens is 368 g/mol. The van der Waals surface area contributed by atoms with Crippen LogP contribution in [0.1, 0.15) is 27.9 Å². The molecule has 0 saturated carbocycles. The third-order valence-corrected chi connectivity index (χ3v) is 5.95. The number of methoxy groups -OCH3 is 1. The molecule has 7 nitrogen and oxygen atoms in total. The van der Waals surface area contributed by atoms with Gasteiger partial charge in [-0.15, -0.1) is 0 Å². The minimum atomic E-state index is -3.40. The van der Waals surface area contributed by atoms with Gasteiger partial charge in [0.15, 0.2) is 9.84 Å². The zero-order valence-electron chi connectivity index (χ0n) is 15.6. The molecule has 0 aliphatic heterocycles. The molecule has 0 spiro atoms. The minimum Gasteiger partial charge on any atom is -0.497 e. The third-order valence-electron chi connectivity index (χ3n) is 4.14. The van der Waals surface area contributed by atoms with Crippen molar-refractivity contribution in [2.75, 3.05) is 24.7 Å². The molecule has 8 heteroatoms. The predicted octanol–water partition coefficient (Wildman–Crippen LogP) is 2.71. The number of hydroxylamine groups is 1. The van der Waals surface area contributed by atoms with E-state index in [-0.39, 0.29) is 10.6 Å². The number of anilines is 1. The largest absolute Gasteiger partial charge is 0.497 e. The van der Waals surface area contributed by atoms with Crippen molar-refractivity contribution in [3.63, 3.8) is 0 Å². The maximum absolute atomic E-state index is 12.4. The number of hydrogen-bond acceptors (Lipinski definition) is 6. The summed E-state index contributed by atoms with van der Waals surface area (Å²) in [6, 6.07) is 9.84. The van der Waals surface area contributed by atoms with E-state index in [4.69, 9.17) is 9.94 Å². The van der Waals surface area contributed by atoms with Gasteiger partial charge < -0.3 is 10.1 Å². The average molecular weight is 392 g/mol. The topological polar surface area (TPSA) is 105 Å². The summed E-state index contributed by atoms with van der Waals surface area (Å²) in [6.07, 6.45) is 0.363. The molecular formula is C19H24N2O5S. The van der Waals surface area contributed by atoms with Crippen LogP contribution < -0.4 is 15.5 Å². The van der Waals surface area contributed by atoms with E-state index in [9.17, 15) is 13.2 Å². The summed E-state index contributed by atoms with van der Waals surface area (Å²) >= 11 is 0. The first kappa shape index (κ1) is 20.7. The van der Waals surface area contributed by atoms with E-state index < -0.39 is 15.7 Å². The van der Waals surface area contributed by atoms with Crippen LogP contribution in [0, 0.1) is 13.8 Å². The first-order valence-electron chi connectivity index (χ1n) is 8.45. The lowest BCUT2D eigenvalue weighted by Crippen LogP contribution is -2.21. The van der Waals surface area contributed by atoms with E-state index in [0.717, 1.165) is 11.1 Å². The number of benzene rings is 2. The average Bonchev–Trinajstić information content (AvgIpc) is 2.65. The molecule has 3 N–H and O–H groups in total. The second kappa shape index (κ2) is 8.88. The highest BCUT2D eigenvalue weighted by Gasteiger charge is 2.16. The maximum Gasteiger partial charge on any atom is 0.276 e. The van der Waals surface area contributed by atoms with E-state index >= 15 is 0 Å². The van der Waals surface area contributed by atoms with Gasteiger partial charge in [-0.3, -0.25) is 10.0 Å². The van der Waals surface area contributed by atoms with Crippen molar-refractivity contribution in [1.82, 2.24) is 5.48 Å². The molecule has 0 fully saturated rings. The zero-order chi connectivity index (χ0) is 20.0. The second-order valence-corrected chi connectivity index (χ2v) is 8.33. The van der Waals surface area contributed by atoms with E-state index in [1.165, 1.54) is 19.2 Å². The Morgan fingerprint density at radius 1 is 1.15 bits per heavy atom. The zero-order valence-corrected chi connectivity index (χ0v) is 16.4. The van der Waals surface area contributed by atoms with Gasteiger partial charge >= 0.3 is 0 Å². The summed E-state index contributed by atoms with van der Waals surface area (Å²) in [5.41, 5.74) is 4.25. The summed E-state index contributed by atoms with van der Waals surface area (Å²) in [5, 5.41) is 12.0. The highest BCUT2D eigenvalue weighted by Crippen LogP contribution is 2.23. The molecule has 2 rings (SSSR count). The number of carbonyl (C=O) groups excluding carboxylic acids is 1. The summed E-state index contributed by atoms with van der Waals surface area (Å²) in [7, 11) is -1.88. The van der Waals surface area contributed by atoms with Crippen molar-refractivity contribution in [3.8, 4) is 5.75 Å². The first-order valence-corrected chi connectivity index (χ1v) is 10.1. The molecule has 0 aromatic heterocycles. The molecule has 0 bridgehead atoms. The van der Waals surface area contributed by atoms with Crippen LogP contribution in [0.2, 0.25) is 0 Å². The second-order valence-electron chi connectivity index (χ2n) is 6.22. The van der Waals surface area contributed by atoms with Crippen molar-refractivity contribution in [2.24, 2.45) is 0 Å². The summed E-state index contributed by atoms with van der Waals surface area (Å²) in [4.78, 5) is 12.1. The molecule has 0 aliphatic carbocycles. The Bertz CT molecular complexity index is 908.